The van der Waals surface area contributed by atoms with Gasteiger partial charge in [-0.15, -0.1) is 0 Å². The zero-order chi connectivity index (χ0) is 29.8. The van der Waals surface area contributed by atoms with Crippen LogP contribution in [0.1, 0.15) is 92.1 Å². The third-order valence-corrected chi connectivity index (χ3v) is 13.4. The van der Waals surface area contributed by atoms with Gasteiger partial charge in [-0.2, -0.15) is 0 Å². The molecule has 1 amide bonds. The fraction of sp³-hybridized carbons (Fsp3) is 0.618. The zero-order valence-electron chi connectivity index (χ0n) is 24.8. The van der Waals surface area contributed by atoms with E-state index in [1.54, 1.807) is 6.07 Å². The summed E-state index contributed by atoms with van der Waals surface area (Å²) in [5.74, 6) is 0.720. The summed E-state index contributed by atoms with van der Waals surface area (Å²) < 4.78 is 36.2. The minimum Gasteiger partial charge on any atom is -0.490 e. The largest absolute Gasteiger partial charge is 0.490 e. The standard InChI is InChI=1S/C34H43ClN2O5S/c35-26-12-14-28-23(17-26)7-4-16-34(28)20-37-19-25-10-13-27(25)30(38)8-3-6-22-5-1-2-9-32(22)43(40,41)36-33(39)24-11-15-31(42-21-34)29(37)18-24/h11-12,14-15,17-18,22,25,27,30,32,38H,1-10,13,16,19-21H2,(H,36,39)/t22?,25-,27+,30-,32+,34-/m0/s1. The van der Waals surface area contributed by atoms with Crippen LogP contribution >= 0.6 is 11.6 Å². The maximum Gasteiger partial charge on any atom is 0.264 e. The summed E-state index contributed by atoms with van der Waals surface area (Å²) in [6, 6.07) is 11.5. The van der Waals surface area contributed by atoms with Crippen LogP contribution in [-0.4, -0.2) is 50.5 Å². The number of carbonyl (C=O) groups excluding carboxylic acids is 1. The average molecular weight is 627 g/mol. The SMILES string of the molecule is O=C1NS(=O)(=O)[C@@H]2CCCCC2CCC[C@H](O)[C@@H]2CC[C@H]2CN2C[C@@]3(CCCc4cc(Cl)ccc43)COc3ccc1cc32. The molecule has 0 radical (unpaired) electrons. The first-order chi connectivity index (χ1) is 20.7. The fourth-order valence-corrected chi connectivity index (χ4v) is 10.8. The number of carbonyl (C=O) groups is 1. The first kappa shape index (κ1) is 29.4. The molecule has 9 heteroatoms. The van der Waals surface area contributed by atoms with Crippen molar-refractivity contribution in [3.8, 4) is 5.75 Å². The molecular weight excluding hydrogens is 584 g/mol. The molecule has 6 atom stereocenters. The topological polar surface area (TPSA) is 95.9 Å². The highest BCUT2D eigenvalue weighted by atomic mass is 35.5. The number of anilines is 1. The van der Waals surface area contributed by atoms with Gasteiger partial charge in [0.15, 0.2) is 0 Å². The lowest BCUT2D eigenvalue weighted by Gasteiger charge is -2.46. The van der Waals surface area contributed by atoms with Gasteiger partial charge in [-0.25, -0.2) is 13.1 Å². The highest BCUT2D eigenvalue weighted by molar-refractivity contribution is 7.90. The van der Waals surface area contributed by atoms with Crippen LogP contribution in [0.15, 0.2) is 36.4 Å². The minimum absolute atomic E-state index is 0.0109. The second-order valence-corrected chi connectivity index (χ2v) is 16.2. The number of fused-ring (bicyclic) bond motifs is 5. The molecule has 232 valence electrons. The van der Waals surface area contributed by atoms with Crippen molar-refractivity contribution in [2.45, 2.75) is 93.8 Å². The van der Waals surface area contributed by atoms with Gasteiger partial charge in [-0.1, -0.05) is 36.9 Å². The monoisotopic (exact) mass is 626 g/mol. The van der Waals surface area contributed by atoms with Crippen molar-refractivity contribution in [2.24, 2.45) is 17.8 Å². The number of aliphatic hydroxyl groups is 1. The minimum atomic E-state index is -3.85. The molecule has 3 aliphatic carbocycles. The summed E-state index contributed by atoms with van der Waals surface area (Å²) >= 11 is 6.40. The first-order valence-electron chi connectivity index (χ1n) is 16.3. The maximum absolute atomic E-state index is 13.6. The van der Waals surface area contributed by atoms with Gasteiger partial charge in [0.25, 0.3) is 5.91 Å². The fourth-order valence-electron chi connectivity index (χ4n) is 8.85. The van der Waals surface area contributed by atoms with E-state index < -0.39 is 21.2 Å². The van der Waals surface area contributed by atoms with Crippen molar-refractivity contribution in [2.75, 3.05) is 24.6 Å². The van der Waals surface area contributed by atoms with Gasteiger partial charge >= 0.3 is 0 Å². The third-order valence-electron chi connectivity index (χ3n) is 11.3. The molecule has 7 nitrogen and oxygen atoms in total. The molecule has 2 bridgehead atoms. The van der Waals surface area contributed by atoms with Crippen molar-refractivity contribution in [3.05, 3.63) is 58.1 Å². The van der Waals surface area contributed by atoms with E-state index in [-0.39, 0.29) is 23.4 Å². The zero-order valence-corrected chi connectivity index (χ0v) is 26.3. The summed E-state index contributed by atoms with van der Waals surface area (Å²) in [4.78, 5) is 15.9. The molecular formula is C34H43ClN2O5S. The quantitative estimate of drug-likeness (QED) is 0.372. The number of sulfonamides is 1. The number of aryl methyl sites for hydroxylation is 1. The molecule has 1 unspecified atom stereocenters. The molecule has 2 aliphatic heterocycles. The molecule has 2 aromatic carbocycles. The van der Waals surface area contributed by atoms with E-state index in [1.807, 2.05) is 18.2 Å². The molecule has 2 heterocycles. The van der Waals surface area contributed by atoms with Crippen molar-refractivity contribution >= 4 is 33.2 Å². The highest BCUT2D eigenvalue weighted by Gasteiger charge is 2.45. The highest BCUT2D eigenvalue weighted by Crippen LogP contribution is 2.47. The Morgan fingerprint density at radius 3 is 2.63 bits per heavy atom. The van der Waals surface area contributed by atoms with Crippen molar-refractivity contribution in [3.63, 3.8) is 0 Å². The van der Waals surface area contributed by atoms with E-state index in [0.29, 0.717) is 36.7 Å². The molecule has 7 rings (SSSR count). The van der Waals surface area contributed by atoms with Gasteiger partial charge in [0.05, 0.1) is 23.6 Å². The normalized spacial score (nSPS) is 34.0. The third kappa shape index (κ3) is 5.57. The van der Waals surface area contributed by atoms with Gasteiger partial charge in [-0.05, 0) is 117 Å². The van der Waals surface area contributed by atoms with Gasteiger partial charge in [0, 0.05) is 29.1 Å². The Morgan fingerprint density at radius 2 is 1.79 bits per heavy atom. The number of ether oxygens (including phenoxy) is 1. The number of nitrogens with one attached hydrogen (secondary N) is 1. The Hall–Kier alpha value is -2.29. The Bertz CT molecular complexity index is 1500. The molecule has 0 aromatic heterocycles. The number of aliphatic hydroxyl groups excluding tert-OH is 1. The van der Waals surface area contributed by atoms with E-state index in [2.05, 4.69) is 21.8 Å². The second kappa shape index (κ2) is 11.6. The number of nitrogens with zero attached hydrogens (tertiary/aromatic N) is 1. The van der Waals surface area contributed by atoms with Crippen LogP contribution < -0.4 is 14.4 Å². The molecule has 2 N–H and O–H groups in total. The lowest BCUT2D eigenvalue weighted by molar-refractivity contribution is 0.00827. The predicted octanol–water partition coefficient (Wildman–Crippen LogP) is 6.00. The molecule has 43 heavy (non-hydrogen) atoms. The van der Waals surface area contributed by atoms with Gasteiger partial charge in [0.2, 0.25) is 10.0 Å². The van der Waals surface area contributed by atoms with Crippen LogP contribution in [0.4, 0.5) is 5.69 Å². The number of rotatable bonds is 0. The van der Waals surface area contributed by atoms with Gasteiger partial charge in [0.1, 0.15) is 5.75 Å². The number of benzene rings is 2. The summed E-state index contributed by atoms with van der Waals surface area (Å²) in [5, 5.41) is 11.5. The Labute approximate surface area is 260 Å². The van der Waals surface area contributed by atoms with Crippen molar-refractivity contribution in [1.29, 1.82) is 0 Å². The smallest absolute Gasteiger partial charge is 0.264 e. The Kier molecular flexibility index (Phi) is 7.92. The van der Waals surface area contributed by atoms with E-state index in [0.717, 1.165) is 88.0 Å². The van der Waals surface area contributed by atoms with E-state index >= 15 is 0 Å². The Morgan fingerprint density at radius 1 is 0.953 bits per heavy atom. The van der Waals surface area contributed by atoms with E-state index in [9.17, 15) is 18.3 Å². The van der Waals surface area contributed by atoms with E-state index in [1.165, 1.54) is 11.1 Å². The molecule has 2 saturated carbocycles. The van der Waals surface area contributed by atoms with Crippen LogP contribution in [0.5, 0.6) is 5.75 Å². The Balaban J connectivity index is 1.28. The number of hydrogen-bond acceptors (Lipinski definition) is 6. The van der Waals surface area contributed by atoms with Crippen LogP contribution in [0.25, 0.3) is 0 Å². The van der Waals surface area contributed by atoms with E-state index in [4.69, 9.17) is 16.3 Å². The van der Waals surface area contributed by atoms with Crippen LogP contribution in [0.3, 0.4) is 0 Å². The van der Waals surface area contributed by atoms with Gasteiger partial charge < -0.3 is 14.7 Å². The number of hydrogen-bond donors (Lipinski definition) is 2. The predicted molar refractivity (Wildman–Crippen MR) is 168 cm³/mol. The van der Waals surface area contributed by atoms with Crippen LogP contribution in [0.2, 0.25) is 5.02 Å². The summed E-state index contributed by atoms with van der Waals surface area (Å²) in [5.41, 5.74) is 3.46. The van der Waals surface area contributed by atoms with Crippen molar-refractivity contribution in [1.82, 2.24) is 4.72 Å². The van der Waals surface area contributed by atoms with Crippen LogP contribution in [-0.2, 0) is 21.9 Å². The average Bonchev–Trinajstić information content (AvgIpc) is 3.11. The van der Waals surface area contributed by atoms with Crippen LogP contribution in [0, 0.1) is 17.8 Å². The second-order valence-electron chi connectivity index (χ2n) is 13.8. The maximum atomic E-state index is 13.6. The first-order valence-corrected chi connectivity index (χ1v) is 18.2. The summed E-state index contributed by atoms with van der Waals surface area (Å²) in [7, 11) is -3.85. The lowest BCUT2D eigenvalue weighted by atomic mass is 9.68. The molecule has 0 saturated heterocycles. The van der Waals surface area contributed by atoms with Crippen molar-refractivity contribution < 1.29 is 23.1 Å². The number of amides is 1. The molecule has 2 fully saturated rings. The lowest BCUT2D eigenvalue weighted by Crippen LogP contribution is -2.49. The van der Waals surface area contributed by atoms with Gasteiger partial charge in [-0.3, -0.25) is 4.79 Å². The summed E-state index contributed by atoms with van der Waals surface area (Å²) in [6.45, 7) is 2.00. The molecule has 5 aliphatic rings. The summed E-state index contributed by atoms with van der Waals surface area (Å²) in [6.07, 6.45) is 10.3. The number of halogens is 1. The molecule has 1 spiro atoms. The molecule has 2 aromatic rings.